The summed E-state index contributed by atoms with van der Waals surface area (Å²) in [6, 6.07) is 21.9. The average molecular weight is 406 g/mol. The van der Waals surface area contributed by atoms with Crippen LogP contribution in [0.2, 0.25) is 5.02 Å². The first kappa shape index (κ1) is 19.0. The molecule has 1 aliphatic rings. The van der Waals surface area contributed by atoms with Crippen molar-refractivity contribution in [1.29, 1.82) is 0 Å². The van der Waals surface area contributed by atoms with Crippen molar-refractivity contribution < 1.29 is 9.59 Å². The van der Waals surface area contributed by atoms with E-state index in [9.17, 15) is 9.59 Å². The predicted octanol–water partition coefficient (Wildman–Crippen LogP) is 4.86. The van der Waals surface area contributed by atoms with Gasteiger partial charge in [0.05, 0.1) is 0 Å². The molecule has 0 spiro atoms. The molecule has 6 heteroatoms. The third kappa shape index (κ3) is 4.41. The van der Waals surface area contributed by atoms with Gasteiger partial charge in [0.25, 0.3) is 5.91 Å². The van der Waals surface area contributed by atoms with Crippen LogP contribution in [0.5, 0.6) is 0 Å². The highest BCUT2D eigenvalue weighted by atomic mass is 35.5. The molecule has 3 amide bonds. The number of carbonyl (C=O) groups excluding carboxylic acids is 2. The Labute approximate surface area is 174 Å². The van der Waals surface area contributed by atoms with Crippen LogP contribution >= 0.6 is 11.6 Å². The van der Waals surface area contributed by atoms with E-state index >= 15 is 0 Å². The summed E-state index contributed by atoms with van der Waals surface area (Å²) >= 11 is 5.85. The summed E-state index contributed by atoms with van der Waals surface area (Å²) in [4.78, 5) is 26.8. The van der Waals surface area contributed by atoms with Crippen molar-refractivity contribution in [2.75, 3.05) is 16.8 Å². The number of urea groups is 1. The van der Waals surface area contributed by atoms with Gasteiger partial charge in [0, 0.05) is 35.1 Å². The molecule has 3 aromatic rings. The van der Waals surface area contributed by atoms with E-state index in [0.717, 1.165) is 23.2 Å². The molecule has 4 rings (SSSR count). The molecule has 0 unspecified atom stereocenters. The smallest absolute Gasteiger partial charge is 0.319 e. The Hall–Kier alpha value is -3.31. The highest BCUT2D eigenvalue weighted by Crippen LogP contribution is 2.30. The fraction of sp³-hybridized carbons (Fsp3) is 0.130. The molecule has 0 bridgehead atoms. The van der Waals surface area contributed by atoms with Gasteiger partial charge in [0.1, 0.15) is 0 Å². The summed E-state index contributed by atoms with van der Waals surface area (Å²) < 4.78 is 0. The van der Waals surface area contributed by atoms with E-state index < -0.39 is 0 Å². The molecule has 3 aromatic carbocycles. The van der Waals surface area contributed by atoms with Gasteiger partial charge < -0.3 is 15.5 Å². The van der Waals surface area contributed by atoms with Gasteiger partial charge in [-0.05, 0) is 60.0 Å². The van der Waals surface area contributed by atoms with Crippen molar-refractivity contribution in [1.82, 2.24) is 5.32 Å². The number of hydrogen-bond donors (Lipinski definition) is 2. The topological polar surface area (TPSA) is 61.4 Å². The molecule has 2 N–H and O–H groups in total. The van der Waals surface area contributed by atoms with Crippen molar-refractivity contribution in [2.24, 2.45) is 0 Å². The van der Waals surface area contributed by atoms with Crippen molar-refractivity contribution in [3.05, 3.63) is 94.5 Å². The van der Waals surface area contributed by atoms with Crippen LogP contribution in [0.25, 0.3) is 0 Å². The van der Waals surface area contributed by atoms with E-state index in [1.807, 2.05) is 53.4 Å². The zero-order valence-electron chi connectivity index (χ0n) is 15.7. The highest BCUT2D eigenvalue weighted by molar-refractivity contribution is 6.30. The summed E-state index contributed by atoms with van der Waals surface area (Å²) in [5.74, 6) is -0.00468. The third-order valence-corrected chi connectivity index (χ3v) is 5.12. The normalized spacial score (nSPS) is 12.4. The Bertz CT molecular complexity index is 1040. The zero-order chi connectivity index (χ0) is 20.2. The molecule has 146 valence electrons. The van der Waals surface area contributed by atoms with E-state index in [1.54, 1.807) is 24.3 Å². The molecule has 0 saturated heterocycles. The van der Waals surface area contributed by atoms with Gasteiger partial charge in [-0.3, -0.25) is 4.79 Å². The van der Waals surface area contributed by atoms with E-state index in [4.69, 9.17) is 11.6 Å². The van der Waals surface area contributed by atoms with Gasteiger partial charge in [-0.1, -0.05) is 41.9 Å². The third-order valence-electron chi connectivity index (χ3n) is 4.87. The number of benzene rings is 3. The summed E-state index contributed by atoms with van der Waals surface area (Å²) in [6.45, 7) is 1.02. The van der Waals surface area contributed by atoms with Crippen molar-refractivity contribution in [2.45, 2.75) is 13.0 Å². The number of amides is 3. The Kier molecular flexibility index (Phi) is 5.49. The molecular weight excluding hydrogens is 386 g/mol. The van der Waals surface area contributed by atoms with Crippen LogP contribution in [0.15, 0.2) is 72.8 Å². The molecule has 0 aromatic heterocycles. The molecule has 0 atom stereocenters. The minimum atomic E-state index is -0.301. The van der Waals surface area contributed by atoms with Crippen molar-refractivity contribution >= 4 is 34.9 Å². The standard InChI is InChI=1S/C23H20ClN3O2/c24-19-8-10-20(11-9-19)26-23(29)25-15-16-6-7-17-12-13-27(21(17)14-16)22(28)18-4-2-1-3-5-18/h1-11,14H,12-13,15H2,(H2,25,26,29). The Morgan fingerprint density at radius 2 is 1.72 bits per heavy atom. The number of halogens is 1. The molecule has 1 heterocycles. The minimum Gasteiger partial charge on any atom is -0.334 e. The fourth-order valence-electron chi connectivity index (χ4n) is 3.37. The van der Waals surface area contributed by atoms with Crippen LogP contribution in [0.4, 0.5) is 16.2 Å². The Balaban J connectivity index is 1.42. The van der Waals surface area contributed by atoms with Gasteiger partial charge in [-0.25, -0.2) is 4.79 Å². The number of hydrogen-bond acceptors (Lipinski definition) is 2. The maximum atomic E-state index is 12.9. The number of fused-ring (bicyclic) bond motifs is 1. The Morgan fingerprint density at radius 3 is 2.48 bits per heavy atom. The van der Waals surface area contributed by atoms with E-state index in [2.05, 4.69) is 10.6 Å². The van der Waals surface area contributed by atoms with Crippen LogP contribution < -0.4 is 15.5 Å². The van der Waals surface area contributed by atoms with Gasteiger partial charge in [-0.2, -0.15) is 0 Å². The molecule has 0 saturated carbocycles. The second kappa shape index (κ2) is 8.37. The van der Waals surface area contributed by atoms with Gasteiger partial charge >= 0.3 is 6.03 Å². The second-order valence-electron chi connectivity index (χ2n) is 6.85. The first-order chi connectivity index (χ1) is 14.1. The average Bonchev–Trinajstić information content (AvgIpc) is 3.17. The summed E-state index contributed by atoms with van der Waals surface area (Å²) in [5.41, 5.74) is 4.33. The largest absolute Gasteiger partial charge is 0.334 e. The minimum absolute atomic E-state index is 0.00468. The van der Waals surface area contributed by atoms with Crippen molar-refractivity contribution in [3.8, 4) is 0 Å². The fourth-order valence-corrected chi connectivity index (χ4v) is 3.50. The molecule has 29 heavy (non-hydrogen) atoms. The second-order valence-corrected chi connectivity index (χ2v) is 7.29. The van der Waals surface area contributed by atoms with Gasteiger partial charge in [0.2, 0.25) is 0 Å². The number of nitrogens with one attached hydrogen (secondary N) is 2. The quantitative estimate of drug-likeness (QED) is 0.650. The molecule has 0 fully saturated rings. The molecule has 1 aliphatic heterocycles. The van der Waals surface area contributed by atoms with Gasteiger partial charge in [-0.15, -0.1) is 0 Å². The molecule has 5 nitrogen and oxygen atoms in total. The van der Waals surface area contributed by atoms with Crippen LogP contribution in [0.3, 0.4) is 0 Å². The monoisotopic (exact) mass is 405 g/mol. The Morgan fingerprint density at radius 1 is 0.966 bits per heavy atom. The zero-order valence-corrected chi connectivity index (χ0v) is 16.4. The summed E-state index contributed by atoms with van der Waals surface area (Å²) in [6.07, 6.45) is 0.832. The predicted molar refractivity (Wildman–Crippen MR) is 116 cm³/mol. The van der Waals surface area contributed by atoms with Crippen LogP contribution in [0.1, 0.15) is 21.5 Å². The molecule has 0 aliphatic carbocycles. The lowest BCUT2D eigenvalue weighted by atomic mass is 10.1. The SMILES string of the molecule is O=C(NCc1ccc2c(c1)N(C(=O)c1ccccc1)CC2)Nc1ccc(Cl)cc1. The maximum Gasteiger partial charge on any atom is 0.319 e. The highest BCUT2D eigenvalue weighted by Gasteiger charge is 2.25. The van der Waals surface area contributed by atoms with Crippen LogP contribution in [-0.2, 0) is 13.0 Å². The number of rotatable bonds is 4. The number of anilines is 2. The maximum absolute atomic E-state index is 12.9. The number of carbonyl (C=O) groups is 2. The van der Waals surface area contributed by atoms with Gasteiger partial charge in [0.15, 0.2) is 0 Å². The lowest BCUT2D eigenvalue weighted by Crippen LogP contribution is -2.29. The molecular formula is C23H20ClN3O2. The van der Waals surface area contributed by atoms with E-state index in [-0.39, 0.29) is 11.9 Å². The first-order valence-electron chi connectivity index (χ1n) is 9.39. The van der Waals surface area contributed by atoms with Crippen LogP contribution in [0, 0.1) is 0 Å². The first-order valence-corrected chi connectivity index (χ1v) is 9.77. The summed E-state index contributed by atoms with van der Waals surface area (Å²) in [7, 11) is 0. The lowest BCUT2D eigenvalue weighted by Gasteiger charge is -2.18. The van der Waals surface area contributed by atoms with Crippen molar-refractivity contribution in [3.63, 3.8) is 0 Å². The van der Waals surface area contributed by atoms with E-state index in [1.165, 1.54) is 0 Å². The summed E-state index contributed by atoms with van der Waals surface area (Å²) in [5, 5.41) is 6.22. The van der Waals surface area contributed by atoms with E-state index in [0.29, 0.717) is 29.4 Å². The number of nitrogens with zero attached hydrogens (tertiary/aromatic N) is 1. The molecule has 0 radical (unpaired) electrons. The van der Waals surface area contributed by atoms with Crippen LogP contribution in [-0.4, -0.2) is 18.5 Å². The lowest BCUT2D eigenvalue weighted by molar-refractivity contribution is 0.0989.